The Hall–Kier alpha value is -3.62. The zero-order chi connectivity index (χ0) is 25.7. The lowest BCUT2D eigenvalue weighted by atomic mass is 10.1. The minimum Gasteiger partial charge on any atom is -0.497 e. The van der Waals surface area contributed by atoms with Gasteiger partial charge < -0.3 is 19.1 Å². The van der Waals surface area contributed by atoms with E-state index in [0.29, 0.717) is 38.7 Å². The van der Waals surface area contributed by atoms with Crippen LogP contribution in [-0.2, 0) is 16.2 Å². The molecular weight excluding hydrogens is 505 g/mol. The van der Waals surface area contributed by atoms with Crippen LogP contribution in [0.25, 0.3) is 0 Å². The second kappa shape index (κ2) is 11.4. The molecule has 0 unspecified atom stereocenters. The average molecular weight is 530 g/mol. The molecule has 3 aromatic rings. The smallest absolute Gasteiger partial charge is 0.243 e. The van der Waals surface area contributed by atoms with Gasteiger partial charge in [-0.1, -0.05) is 41.4 Å². The molecule has 0 aliphatic carbocycles. The van der Waals surface area contributed by atoms with E-state index in [1.807, 2.05) is 18.2 Å². The van der Waals surface area contributed by atoms with Crippen LogP contribution in [0.1, 0.15) is 12.0 Å². The second-order valence-electron chi connectivity index (χ2n) is 8.09. The topological polar surface area (TPSA) is 89.1 Å². The van der Waals surface area contributed by atoms with Gasteiger partial charge in [0.1, 0.15) is 12.4 Å². The predicted octanol–water partition coefficient (Wildman–Crippen LogP) is 5.09. The maximum atomic E-state index is 12.8. The molecule has 2 N–H and O–H groups in total. The number of benzene rings is 3. The number of amides is 2. The molecule has 10 heteroatoms. The summed E-state index contributed by atoms with van der Waals surface area (Å²) in [5.74, 6) is 0.486. The summed E-state index contributed by atoms with van der Waals surface area (Å²) in [5, 5.41) is 0.879. The minimum absolute atomic E-state index is 0.110. The molecule has 0 saturated carbocycles. The number of methoxy groups -OCH3 is 2. The van der Waals surface area contributed by atoms with Crippen LogP contribution >= 0.6 is 23.2 Å². The second-order valence-corrected chi connectivity index (χ2v) is 8.90. The molecule has 1 saturated heterocycles. The average Bonchev–Trinajstić information content (AvgIpc) is 3.28. The zero-order valence-corrected chi connectivity index (χ0v) is 21.2. The Labute approximate surface area is 219 Å². The third-order valence-corrected chi connectivity index (χ3v) is 6.42. The molecule has 4 rings (SSSR count). The molecule has 0 spiro atoms. The molecule has 188 valence electrons. The van der Waals surface area contributed by atoms with Gasteiger partial charge in [-0.05, 0) is 36.4 Å². The van der Waals surface area contributed by atoms with Crippen LogP contribution in [0.2, 0.25) is 10.0 Å². The Morgan fingerprint density at radius 1 is 1.03 bits per heavy atom. The summed E-state index contributed by atoms with van der Waals surface area (Å²) in [5.41, 5.74) is 7.51. The number of carbonyl (C=O) groups excluding carboxylic acids is 2. The number of ether oxygens (including phenoxy) is 3. The molecule has 1 aliphatic heterocycles. The number of anilines is 2. The fraction of sp³-hybridized carbons (Fsp3) is 0.231. The van der Waals surface area contributed by atoms with Crippen molar-refractivity contribution in [1.82, 2.24) is 5.43 Å². The molecule has 3 aromatic carbocycles. The largest absolute Gasteiger partial charge is 0.497 e. The number of nitrogens with zero attached hydrogens (tertiary/aromatic N) is 1. The van der Waals surface area contributed by atoms with E-state index in [9.17, 15) is 9.59 Å². The number of nitrogens with one attached hydrogen (secondary N) is 2. The standard InChI is InChI=1S/C26H25Cl2N3O5/c1-34-20-9-7-19(8-10-20)31-14-17(11-24(31)32)26(33)30-29-18-12-22(28)25(23(13-18)35-2)36-15-16-5-3-4-6-21(16)27/h3-10,12-13,17,29H,11,14-15H2,1-2H3,(H,30,33)/t17-/m0/s1. The Morgan fingerprint density at radius 2 is 1.78 bits per heavy atom. The third-order valence-electron chi connectivity index (χ3n) is 5.77. The number of hydrazine groups is 1. The first-order valence-corrected chi connectivity index (χ1v) is 11.9. The fourth-order valence-electron chi connectivity index (χ4n) is 3.83. The zero-order valence-electron chi connectivity index (χ0n) is 19.7. The van der Waals surface area contributed by atoms with Gasteiger partial charge >= 0.3 is 0 Å². The van der Waals surface area contributed by atoms with Gasteiger partial charge in [-0.25, -0.2) is 0 Å². The summed E-state index contributed by atoms with van der Waals surface area (Å²) in [7, 11) is 3.07. The Morgan fingerprint density at radius 3 is 2.47 bits per heavy atom. The molecule has 0 aromatic heterocycles. The van der Waals surface area contributed by atoms with Gasteiger partial charge in [0.05, 0.1) is 30.8 Å². The summed E-state index contributed by atoms with van der Waals surface area (Å²) < 4.78 is 16.4. The lowest BCUT2D eigenvalue weighted by Crippen LogP contribution is -2.36. The van der Waals surface area contributed by atoms with Crippen molar-refractivity contribution in [1.29, 1.82) is 0 Å². The van der Waals surface area contributed by atoms with Crippen LogP contribution in [0.15, 0.2) is 60.7 Å². The maximum absolute atomic E-state index is 12.8. The van der Waals surface area contributed by atoms with Crippen LogP contribution < -0.4 is 30.0 Å². The van der Waals surface area contributed by atoms with E-state index in [4.69, 9.17) is 37.4 Å². The SMILES string of the molecule is COc1ccc(N2C[C@@H](C(=O)NNc3cc(Cl)c(OCc4ccccc4Cl)c(OC)c3)CC2=O)cc1. The highest BCUT2D eigenvalue weighted by atomic mass is 35.5. The molecule has 1 aliphatic rings. The number of rotatable bonds is 9. The van der Waals surface area contributed by atoms with Gasteiger partial charge in [-0.2, -0.15) is 0 Å². The molecule has 1 heterocycles. The summed E-state index contributed by atoms with van der Waals surface area (Å²) in [4.78, 5) is 26.9. The number of hydrogen-bond donors (Lipinski definition) is 2. The number of carbonyl (C=O) groups is 2. The van der Waals surface area contributed by atoms with Crippen molar-refractivity contribution in [3.8, 4) is 17.2 Å². The first-order valence-electron chi connectivity index (χ1n) is 11.1. The number of halogens is 2. The molecule has 1 atom stereocenters. The normalized spacial score (nSPS) is 14.9. The van der Waals surface area contributed by atoms with E-state index in [0.717, 1.165) is 5.56 Å². The van der Waals surface area contributed by atoms with Gasteiger partial charge in [-0.3, -0.25) is 20.4 Å². The lowest BCUT2D eigenvalue weighted by molar-refractivity contribution is -0.125. The lowest BCUT2D eigenvalue weighted by Gasteiger charge is -2.18. The van der Waals surface area contributed by atoms with Gasteiger partial charge in [-0.15, -0.1) is 0 Å². The van der Waals surface area contributed by atoms with E-state index in [1.165, 1.54) is 7.11 Å². The Kier molecular flexibility index (Phi) is 8.07. The monoisotopic (exact) mass is 529 g/mol. The van der Waals surface area contributed by atoms with E-state index in [-0.39, 0.29) is 31.4 Å². The minimum atomic E-state index is -0.511. The highest BCUT2D eigenvalue weighted by Gasteiger charge is 2.35. The fourth-order valence-corrected chi connectivity index (χ4v) is 4.28. The first kappa shape index (κ1) is 25.5. The Balaban J connectivity index is 1.37. The molecule has 2 amide bonds. The predicted molar refractivity (Wildman–Crippen MR) is 139 cm³/mol. The van der Waals surface area contributed by atoms with Crippen molar-refractivity contribution in [2.75, 3.05) is 31.1 Å². The highest BCUT2D eigenvalue weighted by molar-refractivity contribution is 6.32. The summed E-state index contributed by atoms with van der Waals surface area (Å²) in [6.45, 7) is 0.483. The van der Waals surface area contributed by atoms with Crippen molar-refractivity contribution in [2.45, 2.75) is 13.0 Å². The van der Waals surface area contributed by atoms with Crippen LogP contribution in [-0.4, -0.2) is 32.6 Å². The summed E-state index contributed by atoms with van der Waals surface area (Å²) >= 11 is 12.6. The van der Waals surface area contributed by atoms with Crippen LogP contribution in [0.3, 0.4) is 0 Å². The van der Waals surface area contributed by atoms with E-state index in [2.05, 4.69) is 10.9 Å². The Bertz CT molecular complexity index is 1250. The first-order chi connectivity index (χ1) is 17.4. The van der Waals surface area contributed by atoms with Gasteiger partial charge in [0.15, 0.2) is 11.5 Å². The molecule has 0 bridgehead atoms. The van der Waals surface area contributed by atoms with E-state index in [1.54, 1.807) is 54.5 Å². The van der Waals surface area contributed by atoms with E-state index >= 15 is 0 Å². The number of hydrogen-bond acceptors (Lipinski definition) is 6. The highest BCUT2D eigenvalue weighted by Crippen LogP contribution is 2.39. The van der Waals surface area contributed by atoms with Crippen molar-refractivity contribution in [3.05, 3.63) is 76.3 Å². The third kappa shape index (κ3) is 5.78. The van der Waals surface area contributed by atoms with E-state index < -0.39 is 5.92 Å². The van der Waals surface area contributed by atoms with Crippen LogP contribution in [0.5, 0.6) is 17.2 Å². The van der Waals surface area contributed by atoms with Crippen molar-refractivity contribution in [3.63, 3.8) is 0 Å². The van der Waals surface area contributed by atoms with Gasteiger partial charge in [0.2, 0.25) is 11.8 Å². The van der Waals surface area contributed by atoms with Crippen molar-refractivity contribution < 1.29 is 23.8 Å². The molecule has 0 radical (unpaired) electrons. The molecular formula is C26H25Cl2N3O5. The maximum Gasteiger partial charge on any atom is 0.243 e. The molecule has 36 heavy (non-hydrogen) atoms. The van der Waals surface area contributed by atoms with Gasteiger partial charge in [0.25, 0.3) is 0 Å². The summed E-state index contributed by atoms with van der Waals surface area (Å²) in [6, 6.07) is 17.7. The van der Waals surface area contributed by atoms with Crippen LogP contribution in [0, 0.1) is 5.92 Å². The van der Waals surface area contributed by atoms with Crippen LogP contribution in [0.4, 0.5) is 11.4 Å². The quantitative estimate of drug-likeness (QED) is 0.375. The van der Waals surface area contributed by atoms with Gasteiger partial charge in [0, 0.05) is 35.3 Å². The van der Waals surface area contributed by atoms with Crippen molar-refractivity contribution in [2.24, 2.45) is 5.92 Å². The summed E-state index contributed by atoms with van der Waals surface area (Å²) in [6.07, 6.45) is 0.110. The molecule has 8 nitrogen and oxygen atoms in total. The molecule has 1 fully saturated rings. The van der Waals surface area contributed by atoms with Crippen molar-refractivity contribution >= 4 is 46.4 Å².